The molecule has 1 aromatic rings. The molecule has 8 N–H and O–H groups in total. The van der Waals surface area contributed by atoms with Gasteiger partial charge in [0.2, 0.25) is 5.95 Å². The van der Waals surface area contributed by atoms with Crippen LogP contribution < -0.4 is 28.3 Å². The van der Waals surface area contributed by atoms with Crippen molar-refractivity contribution < 1.29 is 0 Å². The summed E-state index contributed by atoms with van der Waals surface area (Å²) >= 11 is 0. The fraction of sp³-hybridized carbons (Fsp3) is 0.333. The van der Waals surface area contributed by atoms with E-state index in [4.69, 9.17) is 17.3 Å². The zero-order valence-electron chi connectivity index (χ0n) is 7.59. The van der Waals surface area contributed by atoms with Crippen LogP contribution in [0.1, 0.15) is 13.8 Å². The van der Waals surface area contributed by atoms with Gasteiger partial charge in [-0.15, -0.1) is 0 Å². The molecule has 0 atom stereocenters. The molecule has 0 radical (unpaired) electrons. The van der Waals surface area contributed by atoms with Crippen molar-refractivity contribution in [2.45, 2.75) is 13.8 Å². The summed E-state index contributed by atoms with van der Waals surface area (Å²) in [5.74, 6) is 5.03. The molecule has 0 spiro atoms. The van der Waals surface area contributed by atoms with E-state index >= 15 is 0 Å². The highest BCUT2D eigenvalue weighted by molar-refractivity contribution is 5.60. The lowest BCUT2D eigenvalue weighted by molar-refractivity contribution is 1.12. The molecule has 13 heavy (non-hydrogen) atoms. The van der Waals surface area contributed by atoms with Crippen LogP contribution in [0.15, 0.2) is 4.79 Å². The highest BCUT2D eigenvalue weighted by atomic mass is 16.1. The van der Waals surface area contributed by atoms with Gasteiger partial charge in [0.05, 0.1) is 0 Å². The molecule has 1 aromatic heterocycles. The molecule has 7 nitrogen and oxygen atoms in total. The second-order valence-corrected chi connectivity index (χ2v) is 1.86. The van der Waals surface area contributed by atoms with Crippen molar-refractivity contribution in [1.82, 2.24) is 9.97 Å². The van der Waals surface area contributed by atoms with E-state index in [0.29, 0.717) is 0 Å². The lowest BCUT2D eigenvalue weighted by Gasteiger charge is -2.01. The van der Waals surface area contributed by atoms with Crippen molar-refractivity contribution in [2.75, 3.05) is 16.9 Å². The summed E-state index contributed by atoms with van der Waals surface area (Å²) in [6, 6.07) is 0. The minimum atomic E-state index is -0.509. The molecule has 0 aromatic carbocycles. The Bertz CT molecular complexity index is 319. The van der Waals surface area contributed by atoms with Gasteiger partial charge in [-0.3, -0.25) is 9.78 Å². The van der Waals surface area contributed by atoms with E-state index in [-0.39, 0.29) is 17.5 Å². The van der Waals surface area contributed by atoms with Crippen LogP contribution in [0.2, 0.25) is 0 Å². The summed E-state index contributed by atoms with van der Waals surface area (Å²) in [5, 5.41) is 0. The summed E-state index contributed by atoms with van der Waals surface area (Å²) < 4.78 is 0. The summed E-state index contributed by atoms with van der Waals surface area (Å²) in [4.78, 5) is 16.6. The first-order chi connectivity index (χ1) is 6.15. The average molecular weight is 186 g/mol. The van der Waals surface area contributed by atoms with Crippen molar-refractivity contribution in [3.05, 3.63) is 10.4 Å². The maximum atomic E-state index is 10.8. The number of aromatic amines is 1. The van der Waals surface area contributed by atoms with E-state index in [1.54, 1.807) is 0 Å². The monoisotopic (exact) mass is 186 g/mol. The number of H-pyrrole nitrogens is 1. The molecule has 0 saturated heterocycles. The minimum Gasteiger partial charge on any atom is -0.391 e. The predicted octanol–water partition coefficient (Wildman–Crippen LogP) is -0.754. The van der Waals surface area contributed by atoms with Crippen LogP contribution in [0.4, 0.5) is 17.5 Å². The van der Waals surface area contributed by atoms with Crippen LogP contribution in [0.5, 0.6) is 0 Å². The first-order valence-corrected chi connectivity index (χ1v) is 3.77. The van der Waals surface area contributed by atoms with Gasteiger partial charge in [-0.25, -0.2) is 5.84 Å². The van der Waals surface area contributed by atoms with Gasteiger partial charge in [-0.2, -0.15) is 4.98 Å². The van der Waals surface area contributed by atoms with E-state index in [9.17, 15) is 4.79 Å². The van der Waals surface area contributed by atoms with Crippen LogP contribution in [0.3, 0.4) is 0 Å². The molecule has 0 bridgehead atoms. The van der Waals surface area contributed by atoms with E-state index in [0.717, 1.165) is 0 Å². The van der Waals surface area contributed by atoms with Crippen LogP contribution in [0.25, 0.3) is 0 Å². The Balaban J connectivity index is 0.000000671. The molecule has 0 unspecified atom stereocenters. The van der Waals surface area contributed by atoms with E-state index in [1.165, 1.54) is 0 Å². The van der Waals surface area contributed by atoms with Gasteiger partial charge < -0.3 is 16.9 Å². The highest BCUT2D eigenvalue weighted by Crippen LogP contribution is 2.06. The van der Waals surface area contributed by atoms with Crippen molar-refractivity contribution in [1.29, 1.82) is 0 Å². The Morgan fingerprint density at radius 2 is 1.92 bits per heavy atom. The molecule has 0 aliphatic carbocycles. The highest BCUT2D eigenvalue weighted by Gasteiger charge is 2.03. The van der Waals surface area contributed by atoms with E-state index in [1.807, 2.05) is 13.8 Å². The number of aromatic nitrogens is 2. The molecule has 0 fully saturated rings. The lowest BCUT2D eigenvalue weighted by Crippen LogP contribution is -2.21. The van der Waals surface area contributed by atoms with E-state index < -0.39 is 5.56 Å². The zero-order chi connectivity index (χ0) is 10.4. The molecule has 1 heterocycles. The maximum absolute atomic E-state index is 10.8. The molecular formula is C6H14N6O. The number of anilines is 3. The third kappa shape index (κ3) is 2.64. The van der Waals surface area contributed by atoms with Crippen molar-refractivity contribution >= 4 is 17.5 Å². The maximum Gasteiger partial charge on any atom is 0.277 e. The quantitative estimate of drug-likeness (QED) is 0.289. The molecule has 7 heteroatoms. The Hall–Kier alpha value is -1.76. The molecular weight excluding hydrogens is 172 g/mol. The molecule has 0 amide bonds. The number of rotatable bonds is 1. The smallest absolute Gasteiger partial charge is 0.277 e. The number of hydrogen-bond donors (Lipinski definition) is 5. The standard InChI is InChI=1S/C4H8N6O.C2H6/c5-1-2(10-7)8-4(6)9-3(1)11;1-2/h5,7H2,(H4,6,8,9,10,11);1-2H3. The predicted molar refractivity (Wildman–Crippen MR) is 52.8 cm³/mol. The molecule has 74 valence electrons. The zero-order valence-corrected chi connectivity index (χ0v) is 7.59. The van der Waals surface area contributed by atoms with E-state index in [2.05, 4.69) is 15.4 Å². The summed E-state index contributed by atoms with van der Waals surface area (Å²) in [7, 11) is 0. The number of nitrogen functional groups attached to an aromatic ring is 3. The number of nitrogens with one attached hydrogen (secondary N) is 2. The van der Waals surface area contributed by atoms with Crippen molar-refractivity contribution in [3.8, 4) is 0 Å². The number of hydrazine groups is 1. The first kappa shape index (κ1) is 11.2. The first-order valence-electron chi connectivity index (χ1n) is 3.77. The van der Waals surface area contributed by atoms with Crippen molar-refractivity contribution in [3.63, 3.8) is 0 Å². The Labute approximate surface area is 75.3 Å². The molecule has 0 aliphatic heterocycles. The third-order valence-electron chi connectivity index (χ3n) is 1.11. The SMILES string of the molecule is CC.NNc1nc(N)[nH]c(=O)c1N. The van der Waals surface area contributed by atoms with Gasteiger partial charge in [0, 0.05) is 0 Å². The second kappa shape index (κ2) is 4.99. The van der Waals surface area contributed by atoms with Crippen molar-refractivity contribution in [2.24, 2.45) is 5.84 Å². The fourth-order valence-electron chi connectivity index (χ4n) is 0.610. The van der Waals surface area contributed by atoms with Crippen LogP contribution in [0, 0.1) is 0 Å². The topological polar surface area (TPSA) is 136 Å². The van der Waals surface area contributed by atoms with Gasteiger partial charge in [0.15, 0.2) is 5.82 Å². The normalized spacial score (nSPS) is 8.54. The van der Waals surface area contributed by atoms with Gasteiger partial charge in [-0.05, 0) is 0 Å². The fourth-order valence-corrected chi connectivity index (χ4v) is 0.610. The van der Waals surface area contributed by atoms with Crippen LogP contribution >= 0.6 is 0 Å². The molecule has 0 aliphatic rings. The molecule has 0 saturated carbocycles. The molecule has 1 rings (SSSR count). The second-order valence-electron chi connectivity index (χ2n) is 1.86. The van der Waals surface area contributed by atoms with Gasteiger partial charge in [0.1, 0.15) is 5.69 Å². The lowest BCUT2D eigenvalue weighted by atomic mass is 10.5. The van der Waals surface area contributed by atoms with Crippen LogP contribution in [-0.2, 0) is 0 Å². The van der Waals surface area contributed by atoms with Gasteiger partial charge in [0.25, 0.3) is 5.56 Å². The Morgan fingerprint density at radius 1 is 1.38 bits per heavy atom. The number of nitrogens with zero attached hydrogens (tertiary/aromatic N) is 1. The van der Waals surface area contributed by atoms with Crippen LogP contribution in [-0.4, -0.2) is 9.97 Å². The summed E-state index contributed by atoms with van der Waals surface area (Å²) in [6.07, 6.45) is 0. The number of nitrogens with two attached hydrogens (primary N) is 3. The summed E-state index contributed by atoms with van der Waals surface area (Å²) in [5.41, 5.74) is 12.0. The Kier molecular flexibility index (Phi) is 4.31. The summed E-state index contributed by atoms with van der Waals surface area (Å²) in [6.45, 7) is 4.00. The average Bonchev–Trinajstić information content (AvgIpc) is 2.14. The Morgan fingerprint density at radius 3 is 2.38 bits per heavy atom. The third-order valence-corrected chi connectivity index (χ3v) is 1.11. The largest absolute Gasteiger partial charge is 0.391 e. The van der Waals surface area contributed by atoms with Gasteiger partial charge in [-0.1, -0.05) is 13.8 Å². The number of hydrogen-bond acceptors (Lipinski definition) is 6. The minimum absolute atomic E-state index is 0.0304. The van der Waals surface area contributed by atoms with Gasteiger partial charge >= 0.3 is 0 Å².